The van der Waals surface area contributed by atoms with Crippen LogP contribution in [0.2, 0.25) is 19.1 Å². The third kappa shape index (κ3) is 5.81. The summed E-state index contributed by atoms with van der Waals surface area (Å²) in [7, 11) is -0.0939. The van der Waals surface area contributed by atoms with Crippen molar-refractivity contribution < 1.29 is 13.6 Å². The minimum absolute atomic E-state index is 0.0167. The second kappa shape index (κ2) is 8.03. The van der Waals surface area contributed by atoms with Gasteiger partial charge in [-0.2, -0.15) is 0 Å². The number of rotatable bonds is 6. The fourth-order valence-electron chi connectivity index (χ4n) is 1.84. The molecule has 91 valence electrons. The summed E-state index contributed by atoms with van der Waals surface area (Å²) in [5.74, 6) is 0.193. The van der Waals surface area contributed by atoms with E-state index in [-0.39, 0.29) is 11.9 Å². The highest BCUT2D eigenvalue weighted by Crippen LogP contribution is 2.24. The smallest absolute Gasteiger partial charge is 0.308 e. The molecule has 0 aromatic rings. The van der Waals surface area contributed by atoms with E-state index < -0.39 is 9.04 Å². The monoisotopic (exact) mass is 257 g/mol. The predicted octanol–water partition coefficient (Wildman–Crippen LogP) is 2.42. The molecular weight excluding hydrogens is 236 g/mol. The van der Waals surface area contributed by atoms with Crippen molar-refractivity contribution >= 4 is 24.8 Å². The molecule has 0 aliphatic heterocycles. The Morgan fingerprint density at radius 1 is 1.31 bits per heavy atom. The van der Waals surface area contributed by atoms with Crippen LogP contribution in [0.15, 0.2) is 0 Å². The fraction of sp³-hybridized carbons (Fsp3) is 0.909. The lowest BCUT2D eigenvalue weighted by Crippen LogP contribution is -2.21. The molecule has 1 fully saturated rings. The Bertz CT molecular complexity index is 203. The normalized spacial score (nSPS) is 17.7. The number of esters is 1. The quantitative estimate of drug-likeness (QED) is 0.416. The second-order valence-corrected chi connectivity index (χ2v) is 7.83. The molecule has 0 aromatic carbocycles. The average molecular weight is 257 g/mol. The zero-order valence-electron chi connectivity index (χ0n) is 10.3. The van der Waals surface area contributed by atoms with E-state index in [1.165, 1.54) is 19.3 Å². The average Bonchev–Trinajstić information content (AvgIpc) is 2.29. The van der Waals surface area contributed by atoms with Crippen molar-refractivity contribution in [3.63, 3.8) is 0 Å². The van der Waals surface area contributed by atoms with Gasteiger partial charge in [0.15, 0.2) is 9.04 Å². The van der Waals surface area contributed by atoms with Gasteiger partial charge in [0.25, 0.3) is 0 Å². The van der Waals surface area contributed by atoms with Gasteiger partial charge in [-0.3, -0.25) is 4.79 Å². The van der Waals surface area contributed by atoms with E-state index in [9.17, 15) is 4.79 Å². The largest absolute Gasteiger partial charge is 0.466 e. The molecule has 1 aliphatic rings. The van der Waals surface area contributed by atoms with E-state index in [4.69, 9.17) is 8.85 Å². The Balaban J connectivity index is 2.01. The van der Waals surface area contributed by atoms with Gasteiger partial charge in [-0.25, -0.2) is 0 Å². The van der Waals surface area contributed by atoms with Gasteiger partial charge < -0.3 is 8.85 Å². The van der Waals surface area contributed by atoms with E-state index >= 15 is 0 Å². The zero-order valence-corrected chi connectivity index (χ0v) is 12.3. The summed E-state index contributed by atoms with van der Waals surface area (Å²) < 4.78 is 10.8. The summed E-state index contributed by atoms with van der Waals surface area (Å²) in [6, 6.07) is 0.855. The van der Waals surface area contributed by atoms with Crippen LogP contribution in [0.3, 0.4) is 0 Å². The van der Waals surface area contributed by atoms with Gasteiger partial charge in [0.05, 0.1) is 12.5 Å². The van der Waals surface area contributed by atoms with Crippen molar-refractivity contribution in [2.45, 2.75) is 51.2 Å². The molecule has 5 heteroatoms. The summed E-state index contributed by atoms with van der Waals surface area (Å²) >= 11 is 0. The van der Waals surface area contributed by atoms with E-state index in [0.29, 0.717) is 16.4 Å². The summed E-state index contributed by atoms with van der Waals surface area (Å²) in [4.78, 5) is 11.6. The summed E-state index contributed by atoms with van der Waals surface area (Å²) in [6.07, 6.45) is 5.68. The summed E-state index contributed by atoms with van der Waals surface area (Å²) in [5.41, 5.74) is 0. The summed E-state index contributed by atoms with van der Waals surface area (Å²) in [5, 5.41) is 0. The lowest BCUT2D eigenvalue weighted by atomic mass is 9.89. The predicted molar refractivity (Wildman–Crippen MR) is 66.7 cm³/mol. The minimum Gasteiger partial charge on any atom is -0.466 e. The topological polar surface area (TPSA) is 35.5 Å². The molecule has 1 rings (SSSR count). The van der Waals surface area contributed by atoms with Gasteiger partial charge in [0, 0.05) is 0 Å². The molecule has 0 atom stereocenters. The molecule has 16 heavy (non-hydrogen) atoms. The number of hydrogen-bond donors (Lipinski definition) is 0. The van der Waals surface area contributed by atoms with Crippen LogP contribution in [0, 0.1) is 5.92 Å². The van der Waals surface area contributed by atoms with Crippen LogP contribution < -0.4 is 0 Å². The van der Waals surface area contributed by atoms with Crippen molar-refractivity contribution in [3.8, 4) is 0 Å². The highest BCUT2D eigenvalue weighted by Gasteiger charge is 2.22. The third-order valence-corrected chi connectivity index (χ3v) is 5.28. The van der Waals surface area contributed by atoms with Crippen LogP contribution in [-0.4, -0.2) is 31.4 Å². The lowest BCUT2D eigenvalue weighted by molar-refractivity contribution is -0.149. The molecule has 0 spiro atoms. The maximum atomic E-state index is 11.6. The van der Waals surface area contributed by atoms with Gasteiger partial charge in [0.2, 0.25) is 9.76 Å². The molecule has 0 amide bonds. The highest BCUT2D eigenvalue weighted by atomic mass is 28.3. The molecule has 0 aromatic heterocycles. The third-order valence-electron chi connectivity index (χ3n) is 2.66. The molecule has 1 aliphatic carbocycles. The van der Waals surface area contributed by atoms with Crippen molar-refractivity contribution in [1.82, 2.24) is 0 Å². The van der Waals surface area contributed by atoms with Crippen LogP contribution in [-0.2, 0) is 13.6 Å². The van der Waals surface area contributed by atoms with Gasteiger partial charge >= 0.3 is 5.97 Å². The van der Waals surface area contributed by atoms with Crippen molar-refractivity contribution in [2.75, 3.05) is 6.61 Å². The first-order valence-corrected chi connectivity index (χ1v) is 9.59. The van der Waals surface area contributed by atoms with Crippen LogP contribution in [0.4, 0.5) is 0 Å². The minimum atomic E-state index is -0.583. The van der Waals surface area contributed by atoms with Crippen LogP contribution >= 0.6 is 0 Å². The van der Waals surface area contributed by atoms with Gasteiger partial charge in [-0.15, -0.1) is 0 Å². The number of carbonyl (C=O) groups excluding carboxylic acids is 1. The van der Waals surface area contributed by atoms with E-state index in [2.05, 4.69) is 13.1 Å². The van der Waals surface area contributed by atoms with E-state index in [1.807, 2.05) is 0 Å². The van der Waals surface area contributed by atoms with Gasteiger partial charge in [-0.05, 0) is 32.0 Å². The Labute approximate surface area is 103 Å². The SMILES string of the molecule is C[Si](C)O[Si]CCOC(=O)C1CCCCC1. The first-order valence-electron chi connectivity index (χ1n) is 6.06. The van der Waals surface area contributed by atoms with Crippen LogP contribution in [0.5, 0.6) is 0 Å². The number of hydrogen-bond acceptors (Lipinski definition) is 3. The Hall–Kier alpha value is -0.136. The van der Waals surface area contributed by atoms with Crippen molar-refractivity contribution in [1.29, 1.82) is 0 Å². The molecule has 0 N–H and O–H groups in total. The fourth-order valence-corrected chi connectivity index (χ4v) is 3.59. The molecule has 0 bridgehead atoms. The Morgan fingerprint density at radius 3 is 2.62 bits per heavy atom. The van der Waals surface area contributed by atoms with E-state index in [0.717, 1.165) is 18.9 Å². The van der Waals surface area contributed by atoms with E-state index in [1.54, 1.807) is 0 Å². The first kappa shape index (κ1) is 13.9. The van der Waals surface area contributed by atoms with Crippen molar-refractivity contribution in [2.24, 2.45) is 5.92 Å². The van der Waals surface area contributed by atoms with Crippen molar-refractivity contribution in [3.05, 3.63) is 0 Å². The number of ether oxygens (including phenoxy) is 1. The maximum Gasteiger partial charge on any atom is 0.308 e. The second-order valence-electron chi connectivity index (χ2n) is 4.41. The van der Waals surface area contributed by atoms with Crippen LogP contribution in [0.1, 0.15) is 32.1 Å². The molecule has 1 saturated carbocycles. The standard InChI is InChI=1S/C11H21O3Si2/c1-16(2)14-15-9-8-13-11(12)10-6-4-3-5-7-10/h10H,3-9H2,1-2H3. The van der Waals surface area contributed by atoms with Gasteiger partial charge in [-0.1, -0.05) is 19.3 Å². The number of carbonyl (C=O) groups is 1. The summed E-state index contributed by atoms with van der Waals surface area (Å²) in [6.45, 7) is 4.76. The van der Waals surface area contributed by atoms with Crippen LogP contribution in [0.25, 0.3) is 0 Å². The molecular formula is C11H21O3Si2. The van der Waals surface area contributed by atoms with Gasteiger partial charge in [0.1, 0.15) is 0 Å². The molecule has 0 unspecified atom stereocenters. The molecule has 0 heterocycles. The molecule has 0 saturated heterocycles. The Kier molecular flexibility index (Phi) is 6.99. The first-order chi connectivity index (χ1) is 7.70. The molecule has 3 nitrogen and oxygen atoms in total. The maximum absolute atomic E-state index is 11.6. The zero-order chi connectivity index (χ0) is 11.8. The molecule has 3 radical (unpaired) electrons. The highest BCUT2D eigenvalue weighted by molar-refractivity contribution is 6.56. The lowest BCUT2D eigenvalue weighted by Gasteiger charge is -2.19. The Morgan fingerprint density at radius 2 is 2.00 bits per heavy atom.